The van der Waals surface area contributed by atoms with Crippen molar-refractivity contribution in [3.05, 3.63) is 128 Å². The first-order valence-electron chi connectivity index (χ1n) is 11.3. The van der Waals surface area contributed by atoms with Crippen LogP contribution in [0.5, 0.6) is 5.75 Å². The predicted molar refractivity (Wildman–Crippen MR) is 142 cm³/mol. The molecule has 0 spiro atoms. The van der Waals surface area contributed by atoms with E-state index in [2.05, 4.69) is 31.2 Å². The molecule has 6 rings (SSSR count). The van der Waals surface area contributed by atoms with Crippen LogP contribution in [0.25, 0.3) is 22.9 Å². The summed E-state index contributed by atoms with van der Waals surface area (Å²) in [7, 11) is 1.63. The molecule has 5 aromatic heterocycles. The molecular formula is C28H25N8OOs. The maximum atomic E-state index is 5.69. The second kappa shape index (κ2) is 14.8. The van der Waals surface area contributed by atoms with Gasteiger partial charge in [0.25, 0.3) is 0 Å². The number of pyridine rings is 3. The first-order chi connectivity index (χ1) is 18.2. The molecule has 0 bridgehead atoms. The zero-order valence-corrected chi connectivity index (χ0v) is 23.1. The van der Waals surface area contributed by atoms with E-state index in [1.807, 2.05) is 73.1 Å². The van der Waals surface area contributed by atoms with Crippen LogP contribution in [-0.2, 0) is 19.8 Å². The Hall–Kier alpha value is -4.67. The van der Waals surface area contributed by atoms with Crippen LogP contribution in [0.2, 0.25) is 0 Å². The van der Waals surface area contributed by atoms with Crippen LogP contribution in [-0.4, -0.2) is 41.6 Å². The van der Waals surface area contributed by atoms with Crippen molar-refractivity contribution in [1.29, 1.82) is 0 Å². The first kappa shape index (κ1) is 27.9. The fourth-order valence-corrected chi connectivity index (χ4v) is 3.10. The largest absolute Gasteiger partial charge is 1.00 e. The summed E-state index contributed by atoms with van der Waals surface area (Å²) in [4.78, 5) is 12.5. The van der Waals surface area contributed by atoms with Crippen LogP contribution in [0.1, 0.15) is 0 Å². The molecule has 0 amide bonds. The maximum Gasteiger partial charge on any atom is 1.00 e. The van der Waals surface area contributed by atoms with Crippen LogP contribution in [0.3, 0.4) is 0 Å². The normalized spacial score (nSPS) is 9.61. The second-order valence-corrected chi connectivity index (χ2v) is 7.39. The van der Waals surface area contributed by atoms with E-state index in [0.717, 1.165) is 28.6 Å². The predicted octanol–water partition coefficient (Wildman–Crippen LogP) is 4.67. The summed E-state index contributed by atoms with van der Waals surface area (Å²) in [6.07, 6.45) is 12.4. The molecular weight excluding hydrogens is 655 g/mol. The van der Waals surface area contributed by atoms with Gasteiger partial charge in [0.15, 0.2) is 11.6 Å². The summed E-state index contributed by atoms with van der Waals surface area (Å²) >= 11 is 0. The third-order valence-electron chi connectivity index (χ3n) is 4.85. The Labute approximate surface area is 234 Å². The van der Waals surface area contributed by atoms with Gasteiger partial charge in [0.1, 0.15) is 5.75 Å². The first-order valence-corrected chi connectivity index (χ1v) is 11.3. The number of aromatic nitrogens is 7. The van der Waals surface area contributed by atoms with Gasteiger partial charge in [-0.3, -0.25) is 0 Å². The Morgan fingerprint density at radius 3 is 1.82 bits per heavy atom. The van der Waals surface area contributed by atoms with Crippen molar-refractivity contribution in [3.8, 4) is 28.6 Å². The number of nitrogens with two attached hydrogens (primary N) is 1. The van der Waals surface area contributed by atoms with E-state index >= 15 is 0 Å². The molecule has 1 aromatic carbocycles. The minimum absolute atomic E-state index is 0. The van der Waals surface area contributed by atoms with Crippen LogP contribution in [0.15, 0.2) is 122 Å². The average Bonchev–Trinajstić information content (AvgIpc) is 3.70. The molecule has 38 heavy (non-hydrogen) atoms. The van der Waals surface area contributed by atoms with E-state index in [1.54, 1.807) is 65.7 Å². The van der Waals surface area contributed by atoms with Crippen LogP contribution in [0.4, 0.5) is 5.69 Å². The third-order valence-corrected chi connectivity index (χ3v) is 4.85. The van der Waals surface area contributed by atoms with Crippen molar-refractivity contribution in [3.63, 3.8) is 0 Å². The fourth-order valence-electron chi connectivity index (χ4n) is 3.10. The Bertz CT molecular complexity index is 1390. The molecule has 2 N–H and O–H groups in total. The minimum Gasteiger partial charge on any atom is -0.497 e. The number of anilines is 1. The minimum atomic E-state index is 0. The van der Waals surface area contributed by atoms with Gasteiger partial charge >= 0.3 is 19.8 Å². The summed E-state index contributed by atoms with van der Waals surface area (Å²) in [5.41, 5.74) is 8.07. The number of ether oxygens (including phenoxy) is 1. The van der Waals surface area contributed by atoms with Crippen molar-refractivity contribution in [2.45, 2.75) is 0 Å². The number of benzene rings is 1. The third kappa shape index (κ3) is 8.19. The Morgan fingerprint density at radius 2 is 1.34 bits per heavy atom. The van der Waals surface area contributed by atoms with E-state index in [4.69, 9.17) is 10.5 Å². The van der Waals surface area contributed by atoms with Gasteiger partial charge < -0.3 is 15.5 Å². The summed E-state index contributed by atoms with van der Waals surface area (Å²) in [6, 6.07) is 27.3. The molecule has 0 saturated carbocycles. The van der Waals surface area contributed by atoms with Gasteiger partial charge in [-0.1, -0.05) is 17.8 Å². The molecule has 6 aromatic rings. The fraction of sp³-hybridized carbons (Fsp3) is 0.0357. The Kier molecular flexibility index (Phi) is 10.9. The second-order valence-electron chi connectivity index (χ2n) is 7.39. The maximum absolute atomic E-state index is 5.69. The molecule has 191 valence electrons. The van der Waals surface area contributed by atoms with Gasteiger partial charge in [-0.25, -0.2) is 19.3 Å². The molecule has 1 radical (unpaired) electrons. The number of hydrogen-bond donors (Lipinski definition) is 1. The zero-order valence-electron chi connectivity index (χ0n) is 20.5. The van der Waals surface area contributed by atoms with Gasteiger partial charge in [0.05, 0.1) is 7.11 Å². The topological polar surface area (TPSA) is 110 Å². The van der Waals surface area contributed by atoms with E-state index in [0.29, 0.717) is 5.69 Å². The number of nitrogens with zero attached hydrogens (tertiary/aromatic N) is 7. The Balaban J connectivity index is 0.000000158. The molecule has 10 heteroatoms. The number of nitrogen functional groups attached to an aromatic ring is 1. The molecule has 5 heterocycles. The van der Waals surface area contributed by atoms with Gasteiger partial charge in [0.2, 0.25) is 0 Å². The van der Waals surface area contributed by atoms with Gasteiger partial charge in [-0.2, -0.15) is 10.2 Å². The molecule has 0 aliphatic carbocycles. The number of hydrogen-bond acceptors (Lipinski definition) is 7. The summed E-state index contributed by atoms with van der Waals surface area (Å²) < 4.78 is 8.57. The van der Waals surface area contributed by atoms with Crippen molar-refractivity contribution < 1.29 is 24.5 Å². The molecule has 0 saturated heterocycles. The smallest absolute Gasteiger partial charge is 0.497 e. The molecule has 0 aliphatic rings. The van der Waals surface area contributed by atoms with E-state index in [1.165, 1.54) is 0 Å². The standard InChI is InChI=1S/C12H11N2O.2C8H7N3.Os/c1-15-11-5-6-14-12(8-11)9-3-2-4-10(13)7-9;2*1-2-5-9-8(4-1)11-7-3-6-10-11;/h2,4-8H,13H2,1H3;2*1-7H;/q-1;;;+1. The van der Waals surface area contributed by atoms with Crippen LogP contribution >= 0.6 is 0 Å². The molecule has 0 fully saturated rings. The van der Waals surface area contributed by atoms with Gasteiger partial charge in [-0.15, -0.1) is 29.8 Å². The van der Waals surface area contributed by atoms with Gasteiger partial charge in [-0.05, 0) is 54.2 Å². The SMILES string of the molecule is COc1ccnc(-c2[c-]ccc(N)c2)c1.[Os+].c1ccc(-n2cccn2)nc1.c1ccc(-n2cccn2)nc1. The quantitative estimate of drug-likeness (QED) is 0.213. The average molecular weight is 680 g/mol. The van der Waals surface area contributed by atoms with Crippen molar-refractivity contribution in [1.82, 2.24) is 34.5 Å². The number of rotatable bonds is 4. The number of methoxy groups -OCH3 is 1. The summed E-state index contributed by atoms with van der Waals surface area (Å²) in [5, 5.41) is 8.08. The van der Waals surface area contributed by atoms with Crippen molar-refractivity contribution >= 4 is 5.69 Å². The van der Waals surface area contributed by atoms with Crippen LogP contribution in [0, 0.1) is 6.07 Å². The van der Waals surface area contributed by atoms with Gasteiger partial charge in [0, 0.05) is 43.4 Å². The van der Waals surface area contributed by atoms with Crippen molar-refractivity contribution in [2.24, 2.45) is 0 Å². The molecule has 0 unspecified atom stereocenters. The van der Waals surface area contributed by atoms with E-state index < -0.39 is 0 Å². The van der Waals surface area contributed by atoms with E-state index in [9.17, 15) is 0 Å². The van der Waals surface area contributed by atoms with Crippen molar-refractivity contribution in [2.75, 3.05) is 12.8 Å². The monoisotopic (exact) mass is 681 g/mol. The summed E-state index contributed by atoms with van der Waals surface area (Å²) in [5.74, 6) is 2.46. The molecule has 9 nitrogen and oxygen atoms in total. The molecule has 0 atom stereocenters. The Morgan fingerprint density at radius 1 is 0.711 bits per heavy atom. The molecule has 0 aliphatic heterocycles. The summed E-state index contributed by atoms with van der Waals surface area (Å²) in [6.45, 7) is 0. The van der Waals surface area contributed by atoms with Crippen LogP contribution < -0.4 is 10.5 Å². The zero-order chi connectivity index (χ0) is 25.7. The van der Waals surface area contributed by atoms with E-state index in [-0.39, 0.29) is 19.8 Å².